The molecule has 0 heterocycles. The Labute approximate surface area is 120 Å². The summed E-state index contributed by atoms with van der Waals surface area (Å²) in [6, 6.07) is 10.6. The lowest BCUT2D eigenvalue weighted by Gasteiger charge is -2.09. The van der Waals surface area contributed by atoms with Gasteiger partial charge in [-0.25, -0.2) is 0 Å². The first-order valence-electron chi connectivity index (χ1n) is 5.78. The molecule has 0 amide bonds. The van der Waals surface area contributed by atoms with Crippen molar-refractivity contribution >= 4 is 27.4 Å². The largest absolute Gasteiger partial charge is 0.497 e. The van der Waals surface area contributed by atoms with Crippen molar-refractivity contribution < 1.29 is 9.53 Å². The number of nitrogens with two attached hydrogens (primary N) is 1. The maximum atomic E-state index is 12.5. The van der Waals surface area contributed by atoms with E-state index >= 15 is 0 Å². The number of rotatable bonds is 3. The molecule has 0 bridgehead atoms. The summed E-state index contributed by atoms with van der Waals surface area (Å²) in [6.45, 7) is 1.85. The summed E-state index contributed by atoms with van der Waals surface area (Å²) in [5.41, 5.74) is 8.47. The minimum absolute atomic E-state index is 0.0562. The molecule has 0 saturated heterocycles. The molecule has 0 aromatic heterocycles. The molecule has 0 saturated carbocycles. The number of halogens is 1. The lowest BCUT2D eigenvalue weighted by molar-refractivity contribution is 0.103. The Balaban J connectivity index is 2.47. The molecule has 3 nitrogen and oxygen atoms in total. The highest BCUT2D eigenvalue weighted by atomic mass is 79.9. The minimum Gasteiger partial charge on any atom is -0.497 e. The molecule has 0 aliphatic rings. The van der Waals surface area contributed by atoms with Gasteiger partial charge < -0.3 is 10.5 Å². The van der Waals surface area contributed by atoms with Gasteiger partial charge in [-0.15, -0.1) is 0 Å². The summed E-state index contributed by atoms with van der Waals surface area (Å²) >= 11 is 3.40. The summed E-state index contributed by atoms with van der Waals surface area (Å²) in [5, 5.41) is 0. The molecule has 0 aliphatic carbocycles. The molecule has 2 aromatic carbocycles. The molecule has 2 aromatic rings. The van der Waals surface area contributed by atoms with E-state index in [1.807, 2.05) is 6.92 Å². The highest BCUT2D eigenvalue weighted by Crippen LogP contribution is 2.27. The lowest BCUT2D eigenvalue weighted by atomic mass is 9.98. The fraction of sp³-hybridized carbons (Fsp3) is 0.133. The van der Waals surface area contributed by atoms with E-state index in [-0.39, 0.29) is 5.78 Å². The van der Waals surface area contributed by atoms with Crippen molar-refractivity contribution in [2.45, 2.75) is 6.92 Å². The quantitative estimate of drug-likeness (QED) is 0.695. The van der Waals surface area contributed by atoms with E-state index in [9.17, 15) is 4.79 Å². The zero-order valence-corrected chi connectivity index (χ0v) is 12.3. The fourth-order valence-corrected chi connectivity index (χ4v) is 2.39. The van der Waals surface area contributed by atoms with E-state index in [1.165, 1.54) is 0 Å². The average Bonchev–Trinajstić information content (AvgIpc) is 2.41. The van der Waals surface area contributed by atoms with Crippen LogP contribution in [0.1, 0.15) is 21.5 Å². The first-order chi connectivity index (χ1) is 9.04. The van der Waals surface area contributed by atoms with Gasteiger partial charge in [-0.05, 0) is 52.7 Å². The number of ether oxygens (including phenoxy) is 1. The molecule has 2 N–H and O–H groups in total. The fourth-order valence-electron chi connectivity index (χ4n) is 1.85. The van der Waals surface area contributed by atoms with E-state index in [0.29, 0.717) is 27.0 Å². The molecular weight excluding hydrogens is 306 g/mol. The van der Waals surface area contributed by atoms with Gasteiger partial charge in [-0.3, -0.25) is 4.79 Å². The smallest absolute Gasteiger partial charge is 0.194 e. The number of ketones is 1. The van der Waals surface area contributed by atoms with Crippen molar-refractivity contribution in [2.75, 3.05) is 12.8 Å². The molecule has 98 valence electrons. The van der Waals surface area contributed by atoms with Crippen LogP contribution >= 0.6 is 15.9 Å². The zero-order chi connectivity index (χ0) is 14.0. The van der Waals surface area contributed by atoms with Crippen LogP contribution < -0.4 is 10.5 Å². The Hall–Kier alpha value is -1.81. The topological polar surface area (TPSA) is 52.3 Å². The average molecular weight is 320 g/mol. The van der Waals surface area contributed by atoms with E-state index in [0.717, 1.165) is 5.56 Å². The summed E-state index contributed by atoms with van der Waals surface area (Å²) in [6.07, 6.45) is 0. The maximum Gasteiger partial charge on any atom is 0.194 e. The van der Waals surface area contributed by atoms with Gasteiger partial charge in [-0.1, -0.05) is 12.1 Å². The number of hydrogen-bond acceptors (Lipinski definition) is 3. The second-order valence-corrected chi connectivity index (χ2v) is 5.05. The third kappa shape index (κ3) is 2.63. The number of nitrogen functional groups attached to an aromatic ring is 1. The molecular formula is C15H14BrNO2. The van der Waals surface area contributed by atoms with Crippen LogP contribution in [0.4, 0.5) is 5.69 Å². The second-order valence-electron chi connectivity index (χ2n) is 4.19. The monoisotopic (exact) mass is 319 g/mol. The summed E-state index contributed by atoms with van der Waals surface area (Å²) < 4.78 is 5.82. The Morgan fingerprint density at radius 1 is 1.21 bits per heavy atom. The number of benzene rings is 2. The van der Waals surface area contributed by atoms with Crippen molar-refractivity contribution in [1.82, 2.24) is 0 Å². The molecule has 0 aliphatic heterocycles. The van der Waals surface area contributed by atoms with Gasteiger partial charge in [0.15, 0.2) is 5.78 Å². The van der Waals surface area contributed by atoms with Crippen molar-refractivity contribution in [3.63, 3.8) is 0 Å². The predicted molar refractivity (Wildman–Crippen MR) is 79.7 cm³/mol. The molecule has 0 spiro atoms. The van der Waals surface area contributed by atoms with Gasteiger partial charge in [0.05, 0.1) is 7.11 Å². The van der Waals surface area contributed by atoms with Crippen molar-refractivity contribution in [1.29, 1.82) is 0 Å². The SMILES string of the molecule is COc1ccc(C(=O)c2cccc(N)c2C)c(Br)c1. The Kier molecular flexibility index (Phi) is 3.90. The lowest BCUT2D eigenvalue weighted by Crippen LogP contribution is -2.06. The minimum atomic E-state index is -0.0562. The number of carbonyl (C=O) groups excluding carboxylic acids is 1. The summed E-state index contributed by atoms with van der Waals surface area (Å²) in [7, 11) is 1.59. The van der Waals surface area contributed by atoms with Crippen LogP contribution in [0.5, 0.6) is 5.75 Å². The molecule has 4 heteroatoms. The van der Waals surface area contributed by atoms with Crippen molar-refractivity contribution in [2.24, 2.45) is 0 Å². The van der Waals surface area contributed by atoms with E-state index in [4.69, 9.17) is 10.5 Å². The van der Waals surface area contributed by atoms with E-state index in [1.54, 1.807) is 43.5 Å². The van der Waals surface area contributed by atoms with Gasteiger partial charge in [0.2, 0.25) is 0 Å². The van der Waals surface area contributed by atoms with Gasteiger partial charge in [-0.2, -0.15) is 0 Å². The van der Waals surface area contributed by atoms with Crippen LogP contribution in [0.15, 0.2) is 40.9 Å². The summed E-state index contributed by atoms with van der Waals surface area (Å²) in [5.74, 6) is 0.645. The Bertz CT molecular complexity index is 638. The number of anilines is 1. The van der Waals surface area contributed by atoms with Gasteiger partial charge >= 0.3 is 0 Å². The van der Waals surface area contributed by atoms with Crippen molar-refractivity contribution in [3.8, 4) is 5.75 Å². The first-order valence-corrected chi connectivity index (χ1v) is 6.57. The van der Waals surface area contributed by atoms with Gasteiger partial charge in [0.1, 0.15) is 5.75 Å². The first kappa shape index (κ1) is 13.6. The molecule has 0 unspecified atom stereocenters. The van der Waals surface area contributed by atoms with Gasteiger partial charge in [0.25, 0.3) is 0 Å². The molecule has 0 atom stereocenters. The van der Waals surface area contributed by atoms with Crippen LogP contribution in [-0.2, 0) is 0 Å². The van der Waals surface area contributed by atoms with Gasteiger partial charge in [0, 0.05) is 21.3 Å². The zero-order valence-electron chi connectivity index (χ0n) is 10.7. The van der Waals surface area contributed by atoms with E-state index < -0.39 is 0 Å². The van der Waals surface area contributed by atoms with Crippen LogP contribution in [0, 0.1) is 6.92 Å². The normalized spacial score (nSPS) is 10.3. The third-order valence-electron chi connectivity index (χ3n) is 3.04. The third-order valence-corrected chi connectivity index (χ3v) is 3.70. The standard InChI is InChI=1S/C15H14BrNO2/c1-9-11(4-3-5-14(9)17)15(18)12-7-6-10(19-2)8-13(12)16/h3-8H,17H2,1-2H3. The maximum absolute atomic E-state index is 12.5. The second kappa shape index (κ2) is 5.45. The number of hydrogen-bond donors (Lipinski definition) is 1. The van der Waals surface area contributed by atoms with Crippen LogP contribution in [-0.4, -0.2) is 12.9 Å². The molecule has 2 rings (SSSR count). The Morgan fingerprint density at radius 2 is 1.95 bits per heavy atom. The predicted octanol–water partition coefficient (Wildman–Crippen LogP) is 3.58. The molecule has 0 radical (unpaired) electrons. The molecule has 19 heavy (non-hydrogen) atoms. The summed E-state index contributed by atoms with van der Waals surface area (Å²) in [4.78, 5) is 12.5. The van der Waals surface area contributed by atoms with Crippen LogP contribution in [0.2, 0.25) is 0 Å². The van der Waals surface area contributed by atoms with Crippen LogP contribution in [0.3, 0.4) is 0 Å². The highest BCUT2D eigenvalue weighted by molar-refractivity contribution is 9.10. The number of carbonyl (C=O) groups is 1. The van der Waals surface area contributed by atoms with Crippen molar-refractivity contribution in [3.05, 3.63) is 57.6 Å². The Morgan fingerprint density at radius 3 is 2.58 bits per heavy atom. The molecule has 0 fully saturated rings. The van der Waals surface area contributed by atoms with E-state index in [2.05, 4.69) is 15.9 Å². The van der Waals surface area contributed by atoms with Crippen LogP contribution in [0.25, 0.3) is 0 Å². The number of methoxy groups -OCH3 is 1. The highest BCUT2D eigenvalue weighted by Gasteiger charge is 2.16.